The Morgan fingerprint density at radius 3 is 2.38 bits per heavy atom. The highest BCUT2D eigenvalue weighted by molar-refractivity contribution is 9.10. The zero-order valence-electron chi connectivity index (χ0n) is 21.9. The molecule has 2 amide bonds. The molecule has 1 fully saturated rings. The Balaban J connectivity index is 1.71. The summed E-state index contributed by atoms with van der Waals surface area (Å²) in [6, 6.07) is 18.8. The summed E-state index contributed by atoms with van der Waals surface area (Å²) >= 11 is 16.1. The van der Waals surface area contributed by atoms with E-state index in [1.54, 1.807) is 25.1 Å². The summed E-state index contributed by atoms with van der Waals surface area (Å²) in [4.78, 5) is 28.7. The van der Waals surface area contributed by atoms with Crippen molar-refractivity contribution in [2.24, 2.45) is 0 Å². The number of nitrogens with zero attached hydrogens (tertiary/aromatic N) is 2. The molecule has 0 spiro atoms. The minimum absolute atomic E-state index is 0.00981. The first-order chi connectivity index (χ1) is 19.1. The summed E-state index contributed by atoms with van der Waals surface area (Å²) in [6.45, 7) is 1.16. The molecular formula is C29H30BrCl2N3O4S. The van der Waals surface area contributed by atoms with Crippen molar-refractivity contribution in [1.82, 2.24) is 10.2 Å². The second kappa shape index (κ2) is 13.4. The molecule has 1 atom stereocenters. The minimum Gasteiger partial charge on any atom is -0.352 e. The van der Waals surface area contributed by atoms with Crippen molar-refractivity contribution >= 4 is 66.7 Å². The van der Waals surface area contributed by atoms with Crippen molar-refractivity contribution in [3.63, 3.8) is 0 Å². The standard InChI is InChI=1S/C29H30BrCl2N3O4S/c1-20(29(37)33-24-10-5-6-11-24)34(18-21-8-7-9-22(30)16-21)28(36)19-35(27-17-23(31)14-15-26(27)32)40(38,39)25-12-3-2-4-13-25/h2-4,7-9,12-17,20,24H,5-6,10-11,18-19H2,1H3,(H,33,37)/t20-/m1/s1. The predicted octanol–water partition coefficient (Wildman–Crippen LogP) is 6.43. The predicted molar refractivity (Wildman–Crippen MR) is 162 cm³/mol. The Bertz CT molecular complexity index is 1470. The summed E-state index contributed by atoms with van der Waals surface area (Å²) in [5.74, 6) is -0.849. The summed E-state index contributed by atoms with van der Waals surface area (Å²) < 4.78 is 29.5. The zero-order valence-corrected chi connectivity index (χ0v) is 25.8. The SMILES string of the molecule is C[C@H](C(=O)NC1CCCC1)N(Cc1cccc(Br)c1)C(=O)CN(c1cc(Cl)ccc1Cl)S(=O)(=O)c1ccccc1. The fourth-order valence-corrected chi connectivity index (χ4v) is 7.05. The van der Waals surface area contributed by atoms with Gasteiger partial charge in [0.05, 0.1) is 15.6 Å². The molecule has 11 heteroatoms. The van der Waals surface area contributed by atoms with E-state index in [-0.39, 0.29) is 39.1 Å². The molecule has 40 heavy (non-hydrogen) atoms. The van der Waals surface area contributed by atoms with Gasteiger partial charge in [0.1, 0.15) is 12.6 Å². The van der Waals surface area contributed by atoms with Crippen molar-refractivity contribution < 1.29 is 18.0 Å². The van der Waals surface area contributed by atoms with Gasteiger partial charge in [0, 0.05) is 22.1 Å². The minimum atomic E-state index is -4.23. The van der Waals surface area contributed by atoms with Crippen LogP contribution >= 0.6 is 39.1 Å². The number of sulfonamides is 1. The topological polar surface area (TPSA) is 86.8 Å². The van der Waals surface area contributed by atoms with Crippen LogP contribution in [-0.4, -0.2) is 43.8 Å². The van der Waals surface area contributed by atoms with Crippen LogP contribution < -0.4 is 9.62 Å². The van der Waals surface area contributed by atoms with Crippen LogP contribution in [0.4, 0.5) is 5.69 Å². The molecule has 212 valence electrons. The fraction of sp³-hybridized carbons (Fsp3) is 0.310. The quantitative estimate of drug-likeness (QED) is 0.270. The smallest absolute Gasteiger partial charge is 0.264 e. The number of rotatable bonds is 10. The lowest BCUT2D eigenvalue weighted by Gasteiger charge is -2.32. The van der Waals surface area contributed by atoms with Crippen molar-refractivity contribution in [2.75, 3.05) is 10.8 Å². The highest BCUT2D eigenvalue weighted by Crippen LogP contribution is 2.33. The summed E-state index contributed by atoms with van der Waals surface area (Å²) in [5.41, 5.74) is 0.846. The average Bonchev–Trinajstić information content (AvgIpc) is 3.45. The first kappa shape index (κ1) is 30.4. The molecule has 0 bridgehead atoms. The molecular weight excluding hydrogens is 637 g/mol. The number of nitrogens with one attached hydrogen (secondary N) is 1. The summed E-state index contributed by atoms with van der Waals surface area (Å²) in [7, 11) is -4.23. The maximum absolute atomic E-state index is 14.0. The Labute approximate surface area is 253 Å². The number of anilines is 1. The van der Waals surface area contributed by atoms with Gasteiger partial charge in [-0.05, 0) is 67.8 Å². The lowest BCUT2D eigenvalue weighted by atomic mass is 10.1. The molecule has 1 aliphatic rings. The first-order valence-electron chi connectivity index (χ1n) is 12.9. The van der Waals surface area contributed by atoms with Crippen LogP contribution in [0.3, 0.4) is 0 Å². The second-order valence-corrected chi connectivity index (χ2v) is 13.4. The van der Waals surface area contributed by atoms with Crippen molar-refractivity contribution in [1.29, 1.82) is 0 Å². The average molecular weight is 667 g/mol. The van der Waals surface area contributed by atoms with Crippen LogP contribution in [-0.2, 0) is 26.2 Å². The van der Waals surface area contributed by atoms with Crippen LogP contribution in [0.5, 0.6) is 0 Å². The number of amides is 2. The lowest BCUT2D eigenvalue weighted by Crippen LogP contribution is -2.52. The van der Waals surface area contributed by atoms with Gasteiger partial charge in [-0.15, -0.1) is 0 Å². The van der Waals surface area contributed by atoms with E-state index < -0.39 is 28.5 Å². The summed E-state index contributed by atoms with van der Waals surface area (Å²) in [6.07, 6.45) is 3.89. The van der Waals surface area contributed by atoms with E-state index in [2.05, 4.69) is 21.2 Å². The van der Waals surface area contributed by atoms with Gasteiger partial charge < -0.3 is 10.2 Å². The van der Waals surface area contributed by atoms with Crippen molar-refractivity contribution in [3.05, 3.63) is 92.9 Å². The van der Waals surface area contributed by atoms with E-state index in [9.17, 15) is 18.0 Å². The molecule has 7 nitrogen and oxygen atoms in total. The molecule has 0 unspecified atom stereocenters. The fourth-order valence-electron chi connectivity index (χ4n) is 4.72. The van der Waals surface area contributed by atoms with Crippen LogP contribution in [0.1, 0.15) is 38.2 Å². The molecule has 0 aromatic heterocycles. The normalized spacial score (nSPS) is 14.5. The van der Waals surface area contributed by atoms with E-state index in [1.165, 1.54) is 35.2 Å². The lowest BCUT2D eigenvalue weighted by molar-refractivity contribution is -0.139. The molecule has 3 aromatic rings. The maximum Gasteiger partial charge on any atom is 0.264 e. The Morgan fingerprint density at radius 1 is 1.00 bits per heavy atom. The van der Waals surface area contributed by atoms with E-state index in [1.807, 2.05) is 24.3 Å². The Hall–Kier alpha value is -2.59. The van der Waals surface area contributed by atoms with Gasteiger partial charge in [-0.2, -0.15) is 0 Å². The van der Waals surface area contributed by atoms with Crippen molar-refractivity contribution in [3.8, 4) is 0 Å². The van der Waals surface area contributed by atoms with E-state index in [0.29, 0.717) is 0 Å². The molecule has 0 heterocycles. The second-order valence-electron chi connectivity index (χ2n) is 9.74. The van der Waals surface area contributed by atoms with E-state index >= 15 is 0 Å². The monoisotopic (exact) mass is 665 g/mol. The van der Waals surface area contributed by atoms with E-state index in [0.717, 1.165) is 40.0 Å². The third-order valence-corrected chi connectivity index (χ3v) is 9.72. The first-order valence-corrected chi connectivity index (χ1v) is 15.9. The number of hydrogen-bond acceptors (Lipinski definition) is 4. The number of carbonyl (C=O) groups is 2. The van der Waals surface area contributed by atoms with Gasteiger partial charge in [-0.1, -0.05) is 82.3 Å². The van der Waals surface area contributed by atoms with Crippen LogP contribution in [0.25, 0.3) is 0 Å². The zero-order chi connectivity index (χ0) is 28.9. The van der Waals surface area contributed by atoms with Crippen LogP contribution in [0.15, 0.2) is 82.2 Å². The molecule has 1 aliphatic carbocycles. The van der Waals surface area contributed by atoms with Crippen LogP contribution in [0.2, 0.25) is 10.0 Å². The Kier molecular flexibility index (Phi) is 10.2. The molecule has 4 rings (SSSR count). The van der Waals surface area contributed by atoms with Gasteiger partial charge >= 0.3 is 0 Å². The van der Waals surface area contributed by atoms with Gasteiger partial charge in [0.25, 0.3) is 10.0 Å². The van der Waals surface area contributed by atoms with Gasteiger partial charge in [0.15, 0.2) is 0 Å². The number of carbonyl (C=O) groups excluding carboxylic acids is 2. The number of halogens is 3. The van der Waals surface area contributed by atoms with E-state index in [4.69, 9.17) is 23.2 Å². The largest absolute Gasteiger partial charge is 0.352 e. The van der Waals surface area contributed by atoms with Crippen molar-refractivity contribution in [2.45, 2.75) is 56.1 Å². The third kappa shape index (κ3) is 7.37. The molecule has 0 aliphatic heterocycles. The highest BCUT2D eigenvalue weighted by Gasteiger charge is 2.34. The summed E-state index contributed by atoms with van der Waals surface area (Å²) in [5, 5.41) is 3.43. The molecule has 1 saturated carbocycles. The van der Waals surface area contributed by atoms with Gasteiger partial charge in [-0.25, -0.2) is 8.42 Å². The van der Waals surface area contributed by atoms with Crippen LogP contribution in [0, 0.1) is 0 Å². The molecule has 0 saturated heterocycles. The van der Waals surface area contributed by atoms with Gasteiger partial charge in [0.2, 0.25) is 11.8 Å². The molecule has 0 radical (unpaired) electrons. The molecule has 3 aromatic carbocycles. The maximum atomic E-state index is 14.0. The van der Waals surface area contributed by atoms with Gasteiger partial charge in [-0.3, -0.25) is 13.9 Å². The number of hydrogen-bond donors (Lipinski definition) is 1. The Morgan fingerprint density at radius 2 is 1.70 bits per heavy atom. The highest BCUT2D eigenvalue weighted by atomic mass is 79.9. The molecule has 1 N–H and O–H groups in total. The third-order valence-electron chi connectivity index (χ3n) is 6.90. The number of benzene rings is 3.